The predicted octanol–water partition coefficient (Wildman–Crippen LogP) is 1.66. The van der Waals surface area contributed by atoms with E-state index in [9.17, 15) is 0 Å². The van der Waals surface area contributed by atoms with Crippen molar-refractivity contribution in [3.63, 3.8) is 0 Å². The Morgan fingerprint density at radius 3 is 1.60 bits per heavy atom. The lowest BCUT2D eigenvalue weighted by Crippen LogP contribution is -0.920. The van der Waals surface area contributed by atoms with Crippen LogP contribution in [0.5, 0.6) is 0 Å². The Bertz CT molecular complexity index is 36.6. The average molecular weight is 134 g/mol. The Balaban J connectivity index is 0. The Morgan fingerprint density at radius 2 is 1.60 bits per heavy atom. The van der Waals surface area contributed by atoms with Gasteiger partial charge in [-0.05, 0) is 0 Å². The molecule has 0 N–H and O–H groups in total. The van der Waals surface area contributed by atoms with Gasteiger partial charge >= 0.3 is 0 Å². The van der Waals surface area contributed by atoms with E-state index in [1.807, 2.05) is 0 Å². The molecule has 0 rings (SSSR count). The molecule has 0 radical (unpaired) electrons. The number of nitriles is 1. The van der Waals surface area contributed by atoms with Crippen LogP contribution < -0.4 is 0 Å². The van der Waals surface area contributed by atoms with E-state index >= 15 is 0 Å². The number of halogens is 1. The first kappa shape index (κ1) is 8.83. The van der Waals surface area contributed by atoms with E-state index in [0.29, 0.717) is 0 Å². The largest absolute Gasteiger partial charge is 0.185 e. The molecule has 0 aliphatic carbocycles. The minimum Gasteiger partial charge on any atom is -0.185 e. The highest BCUT2D eigenvalue weighted by molar-refractivity contribution is 9.12. The second-order valence-electron chi connectivity index (χ2n) is 0.0845. The van der Waals surface area contributed by atoms with Crippen LogP contribution in [0.3, 0.4) is 0 Å². The molecule has 0 bridgehead atoms. The summed E-state index contributed by atoms with van der Waals surface area (Å²) in [7, 11) is 0. The Hall–Kier alpha value is -0.290. The molecule has 0 atom stereocenters. The predicted molar refractivity (Wildman–Crippen MR) is 25.8 cm³/mol. The third-order valence-corrected chi connectivity index (χ3v) is 0. The van der Waals surface area contributed by atoms with Crippen molar-refractivity contribution < 1.29 is 0 Å². The molecule has 5 heavy (non-hydrogen) atoms. The molecule has 0 aromatic heterocycles. The SMILES string of the molecule is C=C.N#CBr. The van der Waals surface area contributed by atoms with Crippen LogP contribution in [0.25, 0.3) is 0 Å². The van der Waals surface area contributed by atoms with E-state index in [0.717, 1.165) is 0 Å². The first-order valence-corrected chi connectivity index (χ1v) is 1.71. The van der Waals surface area contributed by atoms with Crippen LogP contribution in [0.4, 0.5) is 0 Å². The summed E-state index contributed by atoms with van der Waals surface area (Å²) in [5, 5.41) is 7.24. The number of nitrogens with zero attached hydrogens (tertiary/aromatic N) is 1. The van der Waals surface area contributed by atoms with Gasteiger partial charge in [0.1, 0.15) is 4.98 Å². The fourth-order valence-corrected chi connectivity index (χ4v) is 0. The number of rotatable bonds is 0. The molecule has 0 saturated carbocycles. The molecular formula is C3H4BrN. The van der Waals surface area contributed by atoms with Gasteiger partial charge in [0, 0.05) is 15.9 Å². The molecule has 0 heterocycles. The fraction of sp³-hybridized carbons (Fsp3) is 0. The van der Waals surface area contributed by atoms with Crippen molar-refractivity contribution in [2.24, 2.45) is 0 Å². The highest BCUT2D eigenvalue weighted by Gasteiger charge is 1.22. The van der Waals surface area contributed by atoms with Crippen molar-refractivity contribution in [3.05, 3.63) is 13.2 Å². The smallest absolute Gasteiger partial charge is 0.142 e. The molecule has 0 unspecified atom stereocenters. The summed E-state index contributed by atoms with van der Waals surface area (Å²) in [6, 6.07) is 0. The van der Waals surface area contributed by atoms with Crippen LogP contribution in [-0.4, -0.2) is 0 Å². The van der Waals surface area contributed by atoms with Gasteiger partial charge in [-0.2, -0.15) is 5.26 Å². The molecule has 0 aromatic carbocycles. The van der Waals surface area contributed by atoms with Crippen LogP contribution in [0.15, 0.2) is 13.2 Å². The fourth-order valence-electron chi connectivity index (χ4n) is 0. The lowest BCUT2D eigenvalue weighted by Gasteiger charge is -1.10. The van der Waals surface area contributed by atoms with Crippen molar-refractivity contribution in [2.45, 2.75) is 0 Å². The summed E-state index contributed by atoms with van der Waals surface area (Å²) < 4.78 is 0. The van der Waals surface area contributed by atoms with Crippen LogP contribution in [0.1, 0.15) is 0 Å². The third kappa shape index (κ3) is 129. The van der Waals surface area contributed by atoms with Crippen LogP contribution in [-0.2, 0) is 0 Å². The zero-order valence-corrected chi connectivity index (χ0v) is 4.33. The maximum absolute atomic E-state index is 7.24. The van der Waals surface area contributed by atoms with Crippen molar-refractivity contribution in [1.29, 1.82) is 5.26 Å². The van der Waals surface area contributed by atoms with Gasteiger partial charge in [-0.3, -0.25) is 0 Å². The molecule has 0 aromatic rings. The Kier molecular flexibility index (Phi) is 95.4. The van der Waals surface area contributed by atoms with Crippen molar-refractivity contribution in [3.8, 4) is 4.98 Å². The van der Waals surface area contributed by atoms with Gasteiger partial charge in [0.05, 0.1) is 0 Å². The molecule has 1 nitrogen and oxygen atoms in total. The molecule has 0 spiro atoms. The molecule has 2 heteroatoms. The van der Waals surface area contributed by atoms with E-state index in [-0.39, 0.29) is 0 Å². The minimum absolute atomic E-state index is 1.56. The van der Waals surface area contributed by atoms with Gasteiger partial charge in [0.15, 0.2) is 0 Å². The molecule has 0 aliphatic heterocycles. The Labute approximate surface area is 40.0 Å². The lowest BCUT2D eigenvalue weighted by atomic mass is 11.3. The van der Waals surface area contributed by atoms with Gasteiger partial charge in [-0.25, -0.2) is 0 Å². The zero-order chi connectivity index (χ0) is 4.71. The highest BCUT2D eigenvalue weighted by Crippen LogP contribution is 1.58. The van der Waals surface area contributed by atoms with Crippen LogP contribution in [0, 0.1) is 10.2 Å². The summed E-state index contributed by atoms with van der Waals surface area (Å²) in [5.74, 6) is 0. The summed E-state index contributed by atoms with van der Waals surface area (Å²) >= 11 is 2.45. The maximum Gasteiger partial charge on any atom is 0.142 e. The van der Waals surface area contributed by atoms with Crippen molar-refractivity contribution in [2.75, 3.05) is 0 Å². The third-order valence-electron chi connectivity index (χ3n) is 0. The topological polar surface area (TPSA) is 23.8 Å². The molecular weight excluding hydrogens is 130 g/mol. The maximum atomic E-state index is 7.24. The molecule has 0 fully saturated rings. The number of hydrogen-bond acceptors (Lipinski definition) is 1. The molecule has 28 valence electrons. The summed E-state index contributed by atoms with van der Waals surface area (Å²) in [4.78, 5) is 1.56. The summed E-state index contributed by atoms with van der Waals surface area (Å²) in [5.41, 5.74) is 0. The van der Waals surface area contributed by atoms with E-state index < -0.39 is 0 Å². The quantitative estimate of drug-likeness (QED) is 0.462. The van der Waals surface area contributed by atoms with E-state index in [4.69, 9.17) is 5.26 Å². The van der Waals surface area contributed by atoms with Gasteiger partial charge < -0.3 is 0 Å². The number of hydrogen-bond donors (Lipinski definition) is 0. The van der Waals surface area contributed by atoms with Crippen molar-refractivity contribution in [1.82, 2.24) is 0 Å². The van der Waals surface area contributed by atoms with Crippen LogP contribution in [0.2, 0.25) is 0 Å². The lowest BCUT2D eigenvalue weighted by molar-refractivity contribution is 1.57. The molecule has 0 aliphatic rings. The summed E-state index contributed by atoms with van der Waals surface area (Å²) in [6.07, 6.45) is 0. The first-order chi connectivity index (χ1) is 2.41. The molecule has 0 amide bonds. The van der Waals surface area contributed by atoms with Crippen molar-refractivity contribution >= 4 is 15.9 Å². The second kappa shape index (κ2) is 54.1. The zero-order valence-electron chi connectivity index (χ0n) is 2.74. The van der Waals surface area contributed by atoms with Gasteiger partial charge in [0.2, 0.25) is 0 Å². The van der Waals surface area contributed by atoms with E-state index in [1.54, 1.807) is 4.98 Å². The second-order valence-corrected chi connectivity index (χ2v) is 0.439. The van der Waals surface area contributed by atoms with Gasteiger partial charge in [0.25, 0.3) is 0 Å². The normalized spacial score (nSPS) is 2.40. The highest BCUT2D eigenvalue weighted by atomic mass is 79.9. The molecule has 0 saturated heterocycles. The van der Waals surface area contributed by atoms with Gasteiger partial charge in [-0.1, -0.05) is 0 Å². The standard InChI is InChI=1S/C2H4.CBrN/c1-2;2-1-3/h1-2H2;. The van der Waals surface area contributed by atoms with E-state index in [2.05, 4.69) is 29.1 Å². The summed E-state index contributed by atoms with van der Waals surface area (Å²) in [6.45, 7) is 6.00. The van der Waals surface area contributed by atoms with Crippen LogP contribution >= 0.6 is 15.9 Å². The average Bonchev–Trinajstić information content (AvgIpc) is 1.46. The Morgan fingerprint density at radius 1 is 1.60 bits per heavy atom. The minimum atomic E-state index is 1.56. The van der Waals surface area contributed by atoms with Gasteiger partial charge in [-0.15, -0.1) is 13.2 Å². The van der Waals surface area contributed by atoms with E-state index in [1.165, 1.54) is 0 Å². The first-order valence-electron chi connectivity index (χ1n) is 0.913. The monoisotopic (exact) mass is 133 g/mol.